The van der Waals surface area contributed by atoms with Crippen LogP contribution in [-0.4, -0.2) is 23.3 Å². The molecule has 16 heavy (non-hydrogen) atoms. The number of hydrogen-bond donors (Lipinski definition) is 2. The highest BCUT2D eigenvalue weighted by atomic mass is 16.5. The summed E-state index contributed by atoms with van der Waals surface area (Å²) in [7, 11) is 1.17. The summed E-state index contributed by atoms with van der Waals surface area (Å²) in [6.45, 7) is 0. The Kier molecular flexibility index (Phi) is 2.54. The van der Waals surface area contributed by atoms with Crippen LogP contribution in [0.1, 0.15) is 11.9 Å². The molecular formula is C11H10O5. The Labute approximate surface area is 90.9 Å². The summed E-state index contributed by atoms with van der Waals surface area (Å²) in [5.41, 5.74) is 0.401. The van der Waals surface area contributed by atoms with Crippen molar-refractivity contribution in [3.05, 3.63) is 30.0 Å². The molecule has 0 saturated carbocycles. The van der Waals surface area contributed by atoms with Gasteiger partial charge in [-0.2, -0.15) is 0 Å². The van der Waals surface area contributed by atoms with Crippen molar-refractivity contribution in [3.63, 3.8) is 0 Å². The molecule has 2 N–H and O–H groups in total. The number of carbonyl (C=O) groups excluding carboxylic acids is 1. The zero-order valence-electron chi connectivity index (χ0n) is 8.51. The molecule has 1 atom stereocenters. The third-order valence-electron chi connectivity index (χ3n) is 2.25. The smallest absolute Gasteiger partial charge is 0.342 e. The first kappa shape index (κ1) is 10.5. The number of aliphatic hydroxyl groups is 1. The maximum Gasteiger partial charge on any atom is 0.342 e. The van der Waals surface area contributed by atoms with Gasteiger partial charge in [0.2, 0.25) is 6.10 Å². The largest absolute Gasteiger partial charge is 0.507 e. The average molecular weight is 222 g/mol. The number of rotatable bonds is 2. The van der Waals surface area contributed by atoms with Crippen LogP contribution in [0.2, 0.25) is 0 Å². The van der Waals surface area contributed by atoms with Gasteiger partial charge >= 0.3 is 5.97 Å². The van der Waals surface area contributed by atoms with E-state index < -0.39 is 12.1 Å². The number of ether oxygens (including phenoxy) is 1. The molecule has 84 valence electrons. The minimum Gasteiger partial charge on any atom is -0.507 e. The van der Waals surface area contributed by atoms with Crippen LogP contribution in [0.15, 0.2) is 28.7 Å². The predicted molar refractivity (Wildman–Crippen MR) is 54.9 cm³/mol. The Bertz CT molecular complexity index is 528. The van der Waals surface area contributed by atoms with E-state index in [0.29, 0.717) is 11.0 Å². The molecule has 0 saturated heterocycles. The minimum atomic E-state index is -1.48. The summed E-state index contributed by atoms with van der Waals surface area (Å²) < 4.78 is 9.60. The number of hydrogen-bond acceptors (Lipinski definition) is 5. The third kappa shape index (κ3) is 1.61. The fourth-order valence-corrected chi connectivity index (χ4v) is 1.43. The molecule has 1 aromatic heterocycles. The van der Waals surface area contributed by atoms with Crippen molar-refractivity contribution in [2.45, 2.75) is 6.10 Å². The van der Waals surface area contributed by atoms with E-state index in [1.807, 2.05) is 0 Å². The second-order valence-electron chi connectivity index (χ2n) is 3.26. The van der Waals surface area contributed by atoms with Gasteiger partial charge in [-0.15, -0.1) is 0 Å². The molecule has 0 amide bonds. The van der Waals surface area contributed by atoms with Gasteiger partial charge in [0.25, 0.3) is 0 Å². The summed E-state index contributed by atoms with van der Waals surface area (Å²) in [6.07, 6.45) is -1.48. The van der Waals surface area contributed by atoms with E-state index >= 15 is 0 Å². The van der Waals surface area contributed by atoms with E-state index in [0.717, 1.165) is 0 Å². The average Bonchev–Trinajstić information content (AvgIpc) is 2.72. The van der Waals surface area contributed by atoms with Gasteiger partial charge in [0.05, 0.1) is 12.5 Å². The molecule has 5 heteroatoms. The summed E-state index contributed by atoms with van der Waals surface area (Å²) in [5.74, 6) is -0.730. The van der Waals surface area contributed by atoms with Gasteiger partial charge in [-0.1, -0.05) is 6.07 Å². The number of carbonyl (C=O) groups is 1. The fraction of sp³-hybridized carbons (Fsp3) is 0.182. The molecule has 0 aliphatic heterocycles. The van der Waals surface area contributed by atoms with Crippen molar-refractivity contribution in [2.75, 3.05) is 7.11 Å². The lowest BCUT2D eigenvalue weighted by atomic mass is 10.2. The Morgan fingerprint density at radius 3 is 2.88 bits per heavy atom. The highest BCUT2D eigenvalue weighted by molar-refractivity contribution is 5.86. The molecule has 0 radical (unpaired) electrons. The van der Waals surface area contributed by atoms with Crippen LogP contribution in [0.25, 0.3) is 11.0 Å². The van der Waals surface area contributed by atoms with Crippen molar-refractivity contribution >= 4 is 16.9 Å². The Hall–Kier alpha value is -2.01. The van der Waals surface area contributed by atoms with E-state index in [-0.39, 0.29) is 11.5 Å². The molecule has 1 heterocycles. The first-order valence-corrected chi connectivity index (χ1v) is 4.61. The molecule has 1 unspecified atom stereocenters. The molecule has 0 bridgehead atoms. The van der Waals surface area contributed by atoms with Crippen molar-refractivity contribution in [1.29, 1.82) is 0 Å². The number of esters is 1. The topological polar surface area (TPSA) is 79.9 Å². The molecule has 5 nitrogen and oxygen atoms in total. The number of fused-ring (bicyclic) bond motifs is 1. The fourth-order valence-electron chi connectivity index (χ4n) is 1.43. The lowest BCUT2D eigenvalue weighted by molar-refractivity contribution is -0.151. The maximum absolute atomic E-state index is 11.1. The van der Waals surface area contributed by atoms with Crippen LogP contribution < -0.4 is 0 Å². The van der Waals surface area contributed by atoms with Crippen molar-refractivity contribution in [1.82, 2.24) is 0 Å². The summed E-state index contributed by atoms with van der Waals surface area (Å²) in [4.78, 5) is 11.1. The maximum atomic E-state index is 11.1. The summed E-state index contributed by atoms with van der Waals surface area (Å²) in [6, 6.07) is 6.14. The van der Waals surface area contributed by atoms with E-state index in [1.54, 1.807) is 12.1 Å². The zero-order chi connectivity index (χ0) is 11.7. The van der Waals surface area contributed by atoms with Crippen LogP contribution in [-0.2, 0) is 9.53 Å². The Morgan fingerprint density at radius 2 is 2.25 bits per heavy atom. The lowest BCUT2D eigenvalue weighted by Gasteiger charge is -2.03. The van der Waals surface area contributed by atoms with Gasteiger partial charge in [0, 0.05) is 0 Å². The van der Waals surface area contributed by atoms with Gasteiger partial charge in [0.1, 0.15) is 17.1 Å². The van der Waals surface area contributed by atoms with Gasteiger partial charge in [-0.25, -0.2) is 4.79 Å². The SMILES string of the molecule is COC(=O)C(O)c1cc2c(O)cccc2o1. The van der Waals surface area contributed by atoms with Gasteiger partial charge in [-0.3, -0.25) is 0 Å². The van der Waals surface area contributed by atoms with E-state index in [9.17, 15) is 15.0 Å². The van der Waals surface area contributed by atoms with Gasteiger partial charge < -0.3 is 19.4 Å². The molecule has 0 fully saturated rings. The number of methoxy groups -OCH3 is 1. The van der Waals surface area contributed by atoms with Crippen LogP contribution in [0.4, 0.5) is 0 Å². The van der Waals surface area contributed by atoms with E-state index in [1.165, 1.54) is 19.2 Å². The lowest BCUT2D eigenvalue weighted by Crippen LogP contribution is -2.12. The molecule has 0 spiro atoms. The van der Waals surface area contributed by atoms with Crippen molar-refractivity contribution in [3.8, 4) is 5.75 Å². The zero-order valence-corrected chi connectivity index (χ0v) is 8.51. The molecule has 2 rings (SSSR count). The van der Waals surface area contributed by atoms with Crippen LogP contribution in [0.3, 0.4) is 0 Å². The number of aromatic hydroxyl groups is 1. The van der Waals surface area contributed by atoms with E-state index in [2.05, 4.69) is 4.74 Å². The summed E-state index contributed by atoms with van der Waals surface area (Å²) >= 11 is 0. The number of aliphatic hydroxyl groups excluding tert-OH is 1. The Balaban J connectivity index is 2.47. The Morgan fingerprint density at radius 1 is 1.50 bits per heavy atom. The number of furan rings is 1. The van der Waals surface area contributed by atoms with E-state index in [4.69, 9.17) is 4.42 Å². The second kappa shape index (κ2) is 3.86. The number of phenols is 1. The van der Waals surface area contributed by atoms with Crippen molar-refractivity contribution < 1.29 is 24.2 Å². The van der Waals surface area contributed by atoms with Gasteiger partial charge in [0.15, 0.2) is 0 Å². The molecule has 2 aromatic rings. The number of phenolic OH excluding ortho intramolecular Hbond substituents is 1. The molecule has 0 aliphatic rings. The highest BCUT2D eigenvalue weighted by Gasteiger charge is 2.22. The van der Waals surface area contributed by atoms with Gasteiger partial charge in [-0.05, 0) is 18.2 Å². The number of benzene rings is 1. The standard InChI is InChI=1S/C11H10O5/c1-15-11(14)10(13)9-5-6-7(12)3-2-4-8(6)16-9/h2-5,10,12-13H,1H3. The van der Waals surface area contributed by atoms with Crippen LogP contribution in [0.5, 0.6) is 5.75 Å². The summed E-state index contributed by atoms with van der Waals surface area (Å²) in [5, 5.41) is 19.5. The predicted octanol–water partition coefficient (Wildman–Crippen LogP) is 1.34. The highest BCUT2D eigenvalue weighted by Crippen LogP contribution is 2.30. The molecule has 1 aromatic carbocycles. The minimum absolute atomic E-state index is 0.0320. The quantitative estimate of drug-likeness (QED) is 0.749. The molecular weight excluding hydrogens is 212 g/mol. The van der Waals surface area contributed by atoms with Crippen LogP contribution >= 0.6 is 0 Å². The normalized spacial score (nSPS) is 12.6. The second-order valence-corrected chi connectivity index (χ2v) is 3.26. The first-order valence-electron chi connectivity index (χ1n) is 4.61. The van der Waals surface area contributed by atoms with Crippen LogP contribution in [0, 0.1) is 0 Å². The third-order valence-corrected chi connectivity index (χ3v) is 2.25. The first-order chi connectivity index (χ1) is 7.63. The monoisotopic (exact) mass is 222 g/mol. The van der Waals surface area contributed by atoms with Crippen molar-refractivity contribution in [2.24, 2.45) is 0 Å². The molecule has 0 aliphatic carbocycles.